The Morgan fingerprint density at radius 1 is 1.00 bits per heavy atom. The van der Waals surface area contributed by atoms with Gasteiger partial charge in [0, 0.05) is 12.2 Å². The van der Waals surface area contributed by atoms with Crippen LogP contribution in [0.1, 0.15) is 11.1 Å². The summed E-state index contributed by atoms with van der Waals surface area (Å²) >= 11 is 0. The van der Waals surface area contributed by atoms with Gasteiger partial charge < -0.3 is 5.32 Å². The second-order valence-electron chi connectivity index (χ2n) is 3.53. The SMILES string of the molecule is N#Cc1cccc(CNc2ccccc2)c1. The molecule has 0 aliphatic carbocycles. The average Bonchev–Trinajstić information content (AvgIpc) is 2.38. The van der Waals surface area contributed by atoms with Crippen LogP contribution in [-0.2, 0) is 6.54 Å². The van der Waals surface area contributed by atoms with Gasteiger partial charge in [-0.05, 0) is 29.8 Å². The Bertz CT molecular complexity index is 498. The first-order valence-electron chi connectivity index (χ1n) is 5.16. The molecule has 0 unspecified atom stereocenters. The van der Waals surface area contributed by atoms with E-state index in [1.54, 1.807) is 0 Å². The number of rotatable bonds is 3. The third-order valence-corrected chi connectivity index (χ3v) is 2.33. The summed E-state index contributed by atoms with van der Waals surface area (Å²) in [5.74, 6) is 0. The third kappa shape index (κ3) is 2.61. The molecule has 0 aromatic heterocycles. The van der Waals surface area contributed by atoms with Crippen LogP contribution in [0.3, 0.4) is 0 Å². The summed E-state index contributed by atoms with van der Waals surface area (Å²) in [6, 6.07) is 19.8. The predicted molar refractivity (Wildman–Crippen MR) is 64.9 cm³/mol. The lowest BCUT2D eigenvalue weighted by atomic mass is 10.1. The Kier molecular flexibility index (Phi) is 3.20. The number of nitrogens with one attached hydrogen (secondary N) is 1. The Hall–Kier alpha value is -2.27. The largest absolute Gasteiger partial charge is 0.381 e. The molecule has 78 valence electrons. The van der Waals surface area contributed by atoms with Crippen LogP contribution in [0.15, 0.2) is 54.6 Å². The highest BCUT2D eigenvalue weighted by Crippen LogP contribution is 2.09. The van der Waals surface area contributed by atoms with Crippen molar-refractivity contribution < 1.29 is 0 Å². The molecular formula is C14H12N2. The summed E-state index contributed by atoms with van der Waals surface area (Å²) in [6.45, 7) is 0.736. The van der Waals surface area contributed by atoms with Crippen molar-refractivity contribution in [3.8, 4) is 6.07 Å². The molecule has 0 amide bonds. The van der Waals surface area contributed by atoms with Gasteiger partial charge in [-0.1, -0.05) is 30.3 Å². The van der Waals surface area contributed by atoms with Crippen LogP contribution in [0.5, 0.6) is 0 Å². The molecule has 2 nitrogen and oxygen atoms in total. The molecule has 0 heterocycles. The summed E-state index contributed by atoms with van der Waals surface area (Å²) in [7, 11) is 0. The number of anilines is 1. The zero-order valence-corrected chi connectivity index (χ0v) is 8.85. The van der Waals surface area contributed by atoms with Gasteiger partial charge in [-0.2, -0.15) is 5.26 Å². The number of benzene rings is 2. The highest BCUT2D eigenvalue weighted by atomic mass is 14.9. The van der Waals surface area contributed by atoms with Crippen LogP contribution in [0.25, 0.3) is 0 Å². The summed E-state index contributed by atoms with van der Waals surface area (Å²) in [6.07, 6.45) is 0. The first-order valence-corrected chi connectivity index (χ1v) is 5.16. The van der Waals surface area contributed by atoms with E-state index in [1.165, 1.54) is 0 Å². The second-order valence-corrected chi connectivity index (χ2v) is 3.53. The van der Waals surface area contributed by atoms with E-state index in [1.807, 2.05) is 54.6 Å². The fourth-order valence-corrected chi connectivity index (χ4v) is 1.51. The van der Waals surface area contributed by atoms with Crippen molar-refractivity contribution in [2.24, 2.45) is 0 Å². The molecule has 2 aromatic rings. The topological polar surface area (TPSA) is 35.8 Å². The van der Waals surface area contributed by atoms with E-state index in [4.69, 9.17) is 5.26 Å². The summed E-state index contributed by atoms with van der Waals surface area (Å²) in [4.78, 5) is 0. The lowest BCUT2D eigenvalue weighted by molar-refractivity contribution is 1.15. The normalized spacial score (nSPS) is 9.44. The van der Waals surface area contributed by atoms with Gasteiger partial charge >= 0.3 is 0 Å². The zero-order valence-electron chi connectivity index (χ0n) is 8.85. The quantitative estimate of drug-likeness (QED) is 0.840. The maximum atomic E-state index is 8.78. The average molecular weight is 208 g/mol. The van der Waals surface area contributed by atoms with Crippen molar-refractivity contribution in [2.75, 3.05) is 5.32 Å². The summed E-state index contributed by atoms with van der Waals surface area (Å²) in [5, 5.41) is 12.1. The predicted octanol–water partition coefficient (Wildman–Crippen LogP) is 3.17. The molecule has 0 aliphatic heterocycles. The minimum atomic E-state index is 0.701. The van der Waals surface area contributed by atoms with E-state index in [0.29, 0.717) is 5.56 Å². The van der Waals surface area contributed by atoms with Crippen molar-refractivity contribution in [3.05, 3.63) is 65.7 Å². The van der Waals surface area contributed by atoms with Crippen molar-refractivity contribution in [1.29, 1.82) is 5.26 Å². The fraction of sp³-hybridized carbons (Fsp3) is 0.0714. The Morgan fingerprint density at radius 2 is 1.81 bits per heavy atom. The molecule has 0 radical (unpaired) electrons. The molecule has 0 atom stereocenters. The minimum absolute atomic E-state index is 0.701. The van der Waals surface area contributed by atoms with Gasteiger partial charge in [-0.15, -0.1) is 0 Å². The number of hydrogen-bond acceptors (Lipinski definition) is 2. The maximum Gasteiger partial charge on any atom is 0.0991 e. The molecule has 2 aromatic carbocycles. The van der Waals surface area contributed by atoms with Gasteiger partial charge in [0.2, 0.25) is 0 Å². The summed E-state index contributed by atoms with van der Waals surface area (Å²) < 4.78 is 0. The van der Waals surface area contributed by atoms with Crippen molar-refractivity contribution >= 4 is 5.69 Å². The number of para-hydroxylation sites is 1. The highest BCUT2D eigenvalue weighted by molar-refractivity contribution is 5.43. The number of nitrogens with zero attached hydrogens (tertiary/aromatic N) is 1. The molecule has 1 N–H and O–H groups in total. The van der Waals surface area contributed by atoms with Gasteiger partial charge in [0.25, 0.3) is 0 Å². The van der Waals surface area contributed by atoms with Crippen LogP contribution in [0.2, 0.25) is 0 Å². The number of nitriles is 1. The maximum absolute atomic E-state index is 8.78. The first kappa shape index (κ1) is 10.3. The lowest BCUT2D eigenvalue weighted by Gasteiger charge is -2.06. The molecule has 0 spiro atoms. The molecule has 2 heteroatoms. The Morgan fingerprint density at radius 3 is 2.56 bits per heavy atom. The molecule has 0 fully saturated rings. The van der Waals surface area contributed by atoms with E-state index in [-0.39, 0.29) is 0 Å². The number of hydrogen-bond donors (Lipinski definition) is 1. The zero-order chi connectivity index (χ0) is 11.2. The minimum Gasteiger partial charge on any atom is -0.381 e. The van der Waals surface area contributed by atoms with Gasteiger partial charge in [-0.3, -0.25) is 0 Å². The van der Waals surface area contributed by atoms with Crippen LogP contribution >= 0.6 is 0 Å². The van der Waals surface area contributed by atoms with Crippen molar-refractivity contribution in [1.82, 2.24) is 0 Å². The standard InChI is InChI=1S/C14H12N2/c15-10-12-5-4-6-13(9-12)11-16-14-7-2-1-3-8-14/h1-9,16H,11H2. The van der Waals surface area contributed by atoms with E-state index in [9.17, 15) is 0 Å². The molecular weight excluding hydrogens is 196 g/mol. The first-order chi connectivity index (χ1) is 7.88. The molecule has 0 saturated carbocycles. The fourth-order valence-electron chi connectivity index (χ4n) is 1.51. The van der Waals surface area contributed by atoms with E-state index < -0.39 is 0 Å². The van der Waals surface area contributed by atoms with Gasteiger partial charge in [0.05, 0.1) is 11.6 Å². The van der Waals surface area contributed by atoms with Crippen LogP contribution in [-0.4, -0.2) is 0 Å². The molecule has 16 heavy (non-hydrogen) atoms. The van der Waals surface area contributed by atoms with Crippen molar-refractivity contribution in [3.63, 3.8) is 0 Å². The monoisotopic (exact) mass is 208 g/mol. The smallest absolute Gasteiger partial charge is 0.0991 e. The Labute approximate surface area is 95.2 Å². The third-order valence-electron chi connectivity index (χ3n) is 2.33. The molecule has 0 bridgehead atoms. The molecule has 0 aliphatic rings. The molecule has 0 saturated heterocycles. The van der Waals surface area contributed by atoms with Gasteiger partial charge in [0.15, 0.2) is 0 Å². The van der Waals surface area contributed by atoms with Crippen LogP contribution in [0.4, 0.5) is 5.69 Å². The van der Waals surface area contributed by atoms with Crippen LogP contribution < -0.4 is 5.32 Å². The van der Waals surface area contributed by atoms with E-state index in [2.05, 4.69) is 11.4 Å². The van der Waals surface area contributed by atoms with Gasteiger partial charge in [-0.25, -0.2) is 0 Å². The lowest BCUT2D eigenvalue weighted by Crippen LogP contribution is -1.99. The van der Waals surface area contributed by atoms with Crippen molar-refractivity contribution in [2.45, 2.75) is 6.54 Å². The van der Waals surface area contributed by atoms with E-state index >= 15 is 0 Å². The summed E-state index contributed by atoms with van der Waals surface area (Å²) in [5.41, 5.74) is 2.90. The molecule has 2 rings (SSSR count). The Balaban J connectivity index is 2.03. The van der Waals surface area contributed by atoms with E-state index in [0.717, 1.165) is 17.8 Å². The van der Waals surface area contributed by atoms with Crippen LogP contribution in [0, 0.1) is 11.3 Å². The highest BCUT2D eigenvalue weighted by Gasteiger charge is 1.95. The second kappa shape index (κ2) is 4.99. The van der Waals surface area contributed by atoms with Gasteiger partial charge in [0.1, 0.15) is 0 Å².